The number of ketones is 1. The Balaban J connectivity index is 1.55. The van der Waals surface area contributed by atoms with Crippen LogP contribution in [0, 0.1) is 29.9 Å². The van der Waals surface area contributed by atoms with Gasteiger partial charge in [-0.2, -0.15) is 0 Å². The van der Waals surface area contributed by atoms with Crippen molar-refractivity contribution in [1.29, 1.82) is 0 Å². The second-order valence-electron chi connectivity index (χ2n) is 11.1. The molecule has 2 aliphatic rings. The number of carbonyl (C=O) groups excluding carboxylic acids is 1. The Morgan fingerprint density at radius 3 is 2.42 bits per heavy atom. The maximum atomic E-state index is 14.7. The third kappa shape index (κ3) is 2.65. The normalized spacial score (nSPS) is 21.1. The summed E-state index contributed by atoms with van der Waals surface area (Å²) >= 11 is 0. The van der Waals surface area contributed by atoms with Gasteiger partial charge in [-0.15, -0.1) is 0 Å². The van der Waals surface area contributed by atoms with Gasteiger partial charge in [0.1, 0.15) is 5.54 Å². The van der Waals surface area contributed by atoms with Crippen molar-refractivity contribution in [3.63, 3.8) is 0 Å². The minimum atomic E-state index is -0.813. The molecule has 2 aromatic heterocycles. The Labute approximate surface area is 230 Å². The van der Waals surface area contributed by atoms with E-state index in [-0.39, 0.29) is 22.3 Å². The molecule has 3 heterocycles. The fraction of sp³-hybridized carbons (Fsp3) is 0.147. The number of nitrogens with one attached hydrogen (secondary N) is 1. The number of carbonyl (C=O) groups is 1. The summed E-state index contributed by atoms with van der Waals surface area (Å²) in [5.74, 6) is -0.642. The van der Waals surface area contributed by atoms with Gasteiger partial charge in [0.15, 0.2) is 5.78 Å². The van der Waals surface area contributed by atoms with E-state index >= 15 is 0 Å². The molecule has 8 rings (SSSR count). The Hall–Kier alpha value is -4.97. The number of rotatable bonds is 3. The number of aromatic amines is 1. The monoisotopic (exact) mass is 523 g/mol. The van der Waals surface area contributed by atoms with Gasteiger partial charge in [0.2, 0.25) is 0 Å². The van der Waals surface area contributed by atoms with E-state index in [0.29, 0.717) is 0 Å². The lowest BCUT2D eigenvalue weighted by Gasteiger charge is -2.34. The fourth-order valence-corrected chi connectivity index (χ4v) is 7.68. The maximum Gasteiger partial charge on any atom is 0.269 e. The number of fused-ring (bicyclic) bond motifs is 8. The molecule has 194 valence electrons. The summed E-state index contributed by atoms with van der Waals surface area (Å²) in [6, 6.07) is 31.7. The van der Waals surface area contributed by atoms with Gasteiger partial charge in [-0.1, -0.05) is 66.7 Å². The molecule has 6 heteroatoms. The summed E-state index contributed by atoms with van der Waals surface area (Å²) in [6.07, 6.45) is 0. The molecule has 0 radical (unpaired) electrons. The number of aromatic nitrogens is 2. The summed E-state index contributed by atoms with van der Waals surface area (Å²) in [4.78, 5) is 29.6. The van der Waals surface area contributed by atoms with Crippen LogP contribution in [0.15, 0.2) is 97.1 Å². The molecule has 4 aromatic carbocycles. The molecule has 0 saturated carbocycles. The van der Waals surface area contributed by atoms with Crippen LogP contribution in [0.25, 0.3) is 21.8 Å². The highest BCUT2D eigenvalue weighted by Crippen LogP contribution is 2.63. The van der Waals surface area contributed by atoms with Gasteiger partial charge >= 0.3 is 0 Å². The minimum Gasteiger partial charge on any atom is -0.356 e. The van der Waals surface area contributed by atoms with Crippen LogP contribution in [-0.4, -0.2) is 20.3 Å². The van der Waals surface area contributed by atoms with Crippen LogP contribution in [0.3, 0.4) is 0 Å². The van der Waals surface area contributed by atoms with Crippen molar-refractivity contribution in [3.05, 3.63) is 146 Å². The first-order valence-corrected chi connectivity index (χ1v) is 13.5. The summed E-state index contributed by atoms with van der Waals surface area (Å²) in [6.45, 7) is 4.15. The third-order valence-corrected chi connectivity index (χ3v) is 9.22. The highest BCUT2D eigenvalue weighted by atomic mass is 16.6. The van der Waals surface area contributed by atoms with Crippen molar-refractivity contribution in [3.8, 4) is 0 Å². The maximum absolute atomic E-state index is 14.7. The van der Waals surface area contributed by atoms with E-state index in [4.69, 9.17) is 0 Å². The summed E-state index contributed by atoms with van der Waals surface area (Å²) < 4.78 is 2.39. The van der Waals surface area contributed by atoms with Crippen molar-refractivity contribution in [2.45, 2.75) is 25.3 Å². The molecule has 3 atom stereocenters. The topological polar surface area (TPSA) is 80.9 Å². The van der Waals surface area contributed by atoms with E-state index < -0.39 is 11.5 Å². The lowest BCUT2D eigenvalue weighted by molar-refractivity contribution is -0.384. The molecule has 1 aliphatic heterocycles. The number of H-pyrrole nitrogens is 1. The van der Waals surface area contributed by atoms with E-state index in [2.05, 4.69) is 52.9 Å². The molecule has 0 fully saturated rings. The van der Waals surface area contributed by atoms with Crippen LogP contribution >= 0.6 is 0 Å². The summed E-state index contributed by atoms with van der Waals surface area (Å²) in [5, 5.41) is 13.7. The Kier molecular flexibility index (Phi) is 4.47. The number of para-hydroxylation sites is 2. The van der Waals surface area contributed by atoms with Crippen molar-refractivity contribution < 1.29 is 9.72 Å². The highest BCUT2D eigenvalue weighted by molar-refractivity contribution is 6.08. The number of Topliss-reactive ketones (excluding diaryl/α,β-unsaturated/α-hetero) is 1. The first-order chi connectivity index (χ1) is 19.4. The molecule has 40 heavy (non-hydrogen) atoms. The molecule has 1 aliphatic carbocycles. The molecule has 0 bridgehead atoms. The van der Waals surface area contributed by atoms with E-state index in [0.717, 1.165) is 61.0 Å². The molecule has 0 saturated heterocycles. The zero-order chi connectivity index (χ0) is 27.3. The summed E-state index contributed by atoms with van der Waals surface area (Å²) in [7, 11) is 0. The molecule has 0 amide bonds. The van der Waals surface area contributed by atoms with Crippen molar-refractivity contribution in [2.75, 3.05) is 0 Å². The van der Waals surface area contributed by atoms with Crippen LogP contribution in [0.2, 0.25) is 0 Å². The predicted octanol–water partition coefficient (Wildman–Crippen LogP) is 7.40. The van der Waals surface area contributed by atoms with Crippen LogP contribution in [0.5, 0.6) is 0 Å². The number of nitro groups is 1. The Morgan fingerprint density at radius 2 is 1.65 bits per heavy atom. The van der Waals surface area contributed by atoms with E-state index in [1.807, 2.05) is 55.5 Å². The smallest absolute Gasteiger partial charge is 0.269 e. The largest absolute Gasteiger partial charge is 0.356 e. The summed E-state index contributed by atoms with van der Waals surface area (Å²) in [5.41, 5.74) is 8.15. The molecule has 6 aromatic rings. The van der Waals surface area contributed by atoms with Gasteiger partial charge < -0.3 is 9.55 Å². The quantitative estimate of drug-likeness (QED) is 0.194. The highest BCUT2D eigenvalue weighted by Gasteiger charge is 2.64. The van der Waals surface area contributed by atoms with Gasteiger partial charge in [-0.05, 0) is 59.7 Å². The molecule has 6 nitrogen and oxygen atoms in total. The fourth-order valence-electron chi connectivity index (χ4n) is 7.68. The first-order valence-electron chi connectivity index (χ1n) is 13.5. The van der Waals surface area contributed by atoms with E-state index in [9.17, 15) is 14.9 Å². The average molecular weight is 524 g/mol. The first kappa shape index (κ1) is 23.0. The number of non-ortho nitro benzene ring substituents is 1. The van der Waals surface area contributed by atoms with E-state index in [1.54, 1.807) is 12.1 Å². The lowest BCUT2D eigenvalue weighted by atomic mass is 9.73. The number of nitrogens with zero attached hydrogens (tertiary/aromatic N) is 2. The number of aryl methyl sites for hydroxylation is 2. The van der Waals surface area contributed by atoms with E-state index in [1.165, 1.54) is 0 Å². The standard InChI is InChI=1S/C34H25N3O3/c1-19-8-7-11-25-29(19)32(38)31-30(21-14-16-23(17-15-21)37(39)40)28-18-22-9-3-6-13-27(22)36(28)34(25,31)33-20(2)24-10-4-5-12-26(24)35-33/h3-18,30-31,35H,1-2H3. The SMILES string of the molecule is Cc1cccc2c1C(=O)C1C(c3ccc([N+](=O)[O-])cc3)c3cc4ccccc4n3C21c1[nH]c2ccccc2c1C. The minimum absolute atomic E-state index is 0.0388. The Morgan fingerprint density at radius 1 is 0.900 bits per heavy atom. The van der Waals surface area contributed by atoms with Crippen molar-refractivity contribution >= 4 is 33.3 Å². The number of hydrogen-bond acceptors (Lipinski definition) is 3. The molecule has 0 spiro atoms. The van der Waals surface area contributed by atoms with Gasteiger partial charge in [-0.25, -0.2) is 0 Å². The number of hydrogen-bond donors (Lipinski definition) is 1. The lowest BCUT2D eigenvalue weighted by Crippen LogP contribution is -2.39. The third-order valence-electron chi connectivity index (χ3n) is 9.22. The van der Waals surface area contributed by atoms with Gasteiger partial charge in [0, 0.05) is 45.7 Å². The van der Waals surface area contributed by atoms with Gasteiger partial charge in [-0.3, -0.25) is 14.9 Å². The predicted molar refractivity (Wildman–Crippen MR) is 155 cm³/mol. The zero-order valence-electron chi connectivity index (χ0n) is 22.0. The van der Waals surface area contributed by atoms with Crippen LogP contribution in [-0.2, 0) is 5.54 Å². The molecular formula is C34H25N3O3. The van der Waals surface area contributed by atoms with Crippen molar-refractivity contribution in [1.82, 2.24) is 9.55 Å². The van der Waals surface area contributed by atoms with Crippen LogP contribution < -0.4 is 0 Å². The number of nitro benzene ring substituents is 1. The number of benzene rings is 4. The molecule has 3 unspecified atom stereocenters. The molecule has 1 N–H and O–H groups in total. The van der Waals surface area contributed by atoms with Crippen LogP contribution in [0.4, 0.5) is 5.69 Å². The second kappa shape index (κ2) is 7.79. The zero-order valence-corrected chi connectivity index (χ0v) is 22.0. The Bertz CT molecular complexity index is 2050. The average Bonchev–Trinajstić information content (AvgIpc) is 3.66. The van der Waals surface area contributed by atoms with Crippen LogP contribution in [0.1, 0.15) is 49.9 Å². The van der Waals surface area contributed by atoms with Gasteiger partial charge in [0.05, 0.1) is 16.5 Å². The molecular weight excluding hydrogens is 498 g/mol. The van der Waals surface area contributed by atoms with Crippen molar-refractivity contribution in [2.24, 2.45) is 5.92 Å². The van der Waals surface area contributed by atoms with Gasteiger partial charge in [0.25, 0.3) is 5.69 Å². The second-order valence-corrected chi connectivity index (χ2v) is 11.1.